The van der Waals surface area contributed by atoms with Crippen LogP contribution in [0.15, 0.2) is 0 Å². The summed E-state index contributed by atoms with van der Waals surface area (Å²) < 4.78 is 0. The minimum absolute atomic E-state index is 0.0915. The van der Waals surface area contributed by atoms with Crippen LogP contribution in [0.1, 0.15) is 32.1 Å². The van der Waals surface area contributed by atoms with Crippen molar-refractivity contribution in [1.82, 2.24) is 9.80 Å². The van der Waals surface area contributed by atoms with Gasteiger partial charge in [0, 0.05) is 28.2 Å². The molecule has 0 N–H and O–H groups in total. The van der Waals surface area contributed by atoms with Crippen molar-refractivity contribution < 1.29 is 9.59 Å². The summed E-state index contributed by atoms with van der Waals surface area (Å²) in [5.41, 5.74) is 0. The second-order valence-electron chi connectivity index (χ2n) is 6.55. The highest BCUT2D eigenvalue weighted by Gasteiger charge is 2.49. The normalized spacial score (nSPS) is 33.7. The average Bonchev–Trinajstić information content (AvgIpc) is 2.69. The zero-order chi connectivity index (χ0) is 14.2. The average molecular weight is 266 g/mol. The fourth-order valence-electron chi connectivity index (χ4n) is 3.97. The molecule has 4 heteroatoms. The van der Waals surface area contributed by atoms with Gasteiger partial charge in [-0.05, 0) is 37.5 Å². The molecule has 0 aliphatic heterocycles. The molecule has 0 spiro atoms. The molecule has 2 bridgehead atoms. The molecule has 108 valence electrons. The minimum atomic E-state index is -0.0915. The van der Waals surface area contributed by atoms with Crippen LogP contribution in [0.25, 0.3) is 0 Å². The topological polar surface area (TPSA) is 40.6 Å². The molecule has 0 radical (unpaired) electrons. The maximum atomic E-state index is 12.5. The van der Waals surface area contributed by atoms with Crippen LogP contribution in [0.4, 0.5) is 0 Å². The summed E-state index contributed by atoms with van der Waals surface area (Å²) in [4.78, 5) is 28.4. The molecular formula is C15H26N2O2. The summed E-state index contributed by atoms with van der Waals surface area (Å²) in [5.74, 6) is 0.927. The third-order valence-electron chi connectivity index (χ3n) is 4.91. The van der Waals surface area contributed by atoms with E-state index in [1.54, 1.807) is 38.0 Å². The lowest BCUT2D eigenvalue weighted by Crippen LogP contribution is -2.49. The Hall–Kier alpha value is -1.06. The van der Waals surface area contributed by atoms with Gasteiger partial charge in [0.2, 0.25) is 11.8 Å². The predicted octanol–water partition coefficient (Wildman–Crippen LogP) is 1.61. The van der Waals surface area contributed by atoms with Crippen LogP contribution in [0.3, 0.4) is 0 Å². The second kappa shape index (κ2) is 5.51. The molecule has 4 nitrogen and oxygen atoms in total. The summed E-state index contributed by atoms with van der Waals surface area (Å²) in [7, 11) is 7.21. The molecule has 3 aliphatic rings. The van der Waals surface area contributed by atoms with Gasteiger partial charge < -0.3 is 9.80 Å². The largest absolute Gasteiger partial charge is 0.349 e. The van der Waals surface area contributed by atoms with E-state index in [0.717, 1.165) is 25.7 Å². The van der Waals surface area contributed by atoms with Crippen LogP contribution in [-0.4, -0.2) is 49.8 Å². The lowest BCUT2D eigenvalue weighted by atomic mass is 9.66. The summed E-state index contributed by atoms with van der Waals surface area (Å²) in [5, 5.41) is 0. The van der Waals surface area contributed by atoms with E-state index in [1.807, 2.05) is 0 Å². The number of carbonyl (C=O) groups is 2. The van der Waals surface area contributed by atoms with Gasteiger partial charge in [-0.3, -0.25) is 9.59 Å². The van der Waals surface area contributed by atoms with E-state index in [2.05, 4.69) is 0 Å². The van der Waals surface area contributed by atoms with Crippen molar-refractivity contribution in [3.8, 4) is 0 Å². The molecule has 3 fully saturated rings. The molecule has 3 aliphatic carbocycles. The molecule has 2 amide bonds. The monoisotopic (exact) mass is 266 g/mol. The van der Waals surface area contributed by atoms with Crippen LogP contribution in [-0.2, 0) is 9.59 Å². The first-order valence-electron chi connectivity index (χ1n) is 7.35. The Balaban J connectivity index is 2.33. The number of nitrogens with zero attached hydrogens (tertiary/aromatic N) is 2. The van der Waals surface area contributed by atoms with Crippen molar-refractivity contribution in [2.24, 2.45) is 23.7 Å². The number of hydrogen-bond donors (Lipinski definition) is 0. The van der Waals surface area contributed by atoms with E-state index >= 15 is 0 Å². The highest BCUT2D eigenvalue weighted by Crippen LogP contribution is 2.47. The lowest BCUT2D eigenvalue weighted by molar-refractivity contribution is -0.150. The van der Waals surface area contributed by atoms with Gasteiger partial charge in [0.1, 0.15) is 0 Å². The first kappa shape index (κ1) is 14.4. The number of amides is 2. The molecule has 4 atom stereocenters. The minimum Gasteiger partial charge on any atom is -0.349 e. The van der Waals surface area contributed by atoms with Crippen molar-refractivity contribution in [2.75, 3.05) is 28.2 Å². The molecule has 0 aromatic carbocycles. The highest BCUT2D eigenvalue weighted by molar-refractivity contribution is 5.88. The smallest absolute Gasteiger partial charge is 0.226 e. The maximum Gasteiger partial charge on any atom is 0.226 e. The van der Waals surface area contributed by atoms with Gasteiger partial charge in [-0.2, -0.15) is 0 Å². The van der Waals surface area contributed by atoms with E-state index < -0.39 is 0 Å². The second-order valence-corrected chi connectivity index (χ2v) is 6.55. The molecule has 19 heavy (non-hydrogen) atoms. The van der Waals surface area contributed by atoms with Gasteiger partial charge in [-0.25, -0.2) is 0 Å². The van der Waals surface area contributed by atoms with Gasteiger partial charge >= 0.3 is 0 Å². The molecule has 0 heterocycles. The summed E-state index contributed by atoms with van der Waals surface area (Å²) in [6, 6.07) is 0. The van der Waals surface area contributed by atoms with Crippen LogP contribution < -0.4 is 0 Å². The van der Waals surface area contributed by atoms with E-state index in [0.29, 0.717) is 11.8 Å². The first-order chi connectivity index (χ1) is 8.93. The highest BCUT2D eigenvalue weighted by atomic mass is 16.2. The Morgan fingerprint density at radius 2 is 1.11 bits per heavy atom. The summed E-state index contributed by atoms with van der Waals surface area (Å²) >= 11 is 0. The third-order valence-corrected chi connectivity index (χ3v) is 4.91. The summed E-state index contributed by atoms with van der Waals surface area (Å²) in [6.45, 7) is 0. The number of fused-ring (bicyclic) bond motifs is 4. The van der Waals surface area contributed by atoms with Crippen molar-refractivity contribution in [3.63, 3.8) is 0 Å². The quantitative estimate of drug-likeness (QED) is 0.762. The molecule has 0 aromatic heterocycles. The van der Waals surface area contributed by atoms with Crippen molar-refractivity contribution in [2.45, 2.75) is 32.1 Å². The third kappa shape index (κ3) is 2.63. The van der Waals surface area contributed by atoms with Gasteiger partial charge in [-0.15, -0.1) is 0 Å². The van der Waals surface area contributed by atoms with Gasteiger partial charge in [0.25, 0.3) is 0 Å². The van der Waals surface area contributed by atoms with Crippen molar-refractivity contribution in [1.29, 1.82) is 0 Å². The van der Waals surface area contributed by atoms with E-state index in [9.17, 15) is 9.59 Å². The Kier molecular flexibility index (Phi) is 4.16. The number of rotatable bonds is 2. The van der Waals surface area contributed by atoms with E-state index in [-0.39, 0.29) is 23.7 Å². The predicted molar refractivity (Wildman–Crippen MR) is 74.4 cm³/mol. The Labute approximate surface area is 116 Å². The zero-order valence-corrected chi connectivity index (χ0v) is 12.6. The molecule has 0 unspecified atom stereocenters. The fraction of sp³-hybridized carbons (Fsp3) is 0.867. The lowest BCUT2D eigenvalue weighted by Gasteiger charge is -2.40. The molecular weight excluding hydrogens is 240 g/mol. The first-order valence-corrected chi connectivity index (χ1v) is 7.35. The fourth-order valence-corrected chi connectivity index (χ4v) is 3.97. The summed E-state index contributed by atoms with van der Waals surface area (Å²) in [6.07, 6.45) is 5.62. The Morgan fingerprint density at radius 3 is 1.42 bits per heavy atom. The van der Waals surface area contributed by atoms with Crippen LogP contribution in [0.5, 0.6) is 0 Å². The zero-order valence-electron chi connectivity index (χ0n) is 12.6. The SMILES string of the molecule is CN(C)C(=O)[C@H]1[C@@H]2CCC[C@H](CC2)[C@@H]1C(=O)N(C)C. The van der Waals surface area contributed by atoms with Crippen LogP contribution in [0, 0.1) is 23.7 Å². The Bertz CT molecular complexity index is 327. The van der Waals surface area contributed by atoms with Gasteiger partial charge in [0.15, 0.2) is 0 Å². The maximum absolute atomic E-state index is 12.5. The number of carbonyl (C=O) groups excluding carboxylic acids is 2. The van der Waals surface area contributed by atoms with Gasteiger partial charge in [-0.1, -0.05) is 6.42 Å². The van der Waals surface area contributed by atoms with Crippen molar-refractivity contribution >= 4 is 11.8 Å². The van der Waals surface area contributed by atoms with Crippen LogP contribution in [0.2, 0.25) is 0 Å². The van der Waals surface area contributed by atoms with Crippen molar-refractivity contribution in [3.05, 3.63) is 0 Å². The molecule has 0 saturated heterocycles. The molecule has 0 aromatic rings. The number of hydrogen-bond acceptors (Lipinski definition) is 2. The molecule has 3 rings (SSSR count). The molecule has 3 saturated carbocycles. The van der Waals surface area contributed by atoms with Crippen LogP contribution >= 0.6 is 0 Å². The van der Waals surface area contributed by atoms with E-state index in [1.165, 1.54) is 6.42 Å². The standard InChI is InChI=1S/C15H26N2O2/c1-16(2)14(18)12-10-6-5-7-11(9-8-10)13(12)15(19)17(3)4/h10-13H,5-9H2,1-4H3/t10-,11-,12+,13+/m1/s1. The van der Waals surface area contributed by atoms with Gasteiger partial charge in [0.05, 0.1) is 11.8 Å². The van der Waals surface area contributed by atoms with E-state index in [4.69, 9.17) is 0 Å². The Morgan fingerprint density at radius 1 is 0.737 bits per heavy atom.